The fourth-order valence-electron chi connectivity index (χ4n) is 1.72. The van der Waals surface area contributed by atoms with E-state index in [2.05, 4.69) is 25.9 Å². The van der Waals surface area contributed by atoms with E-state index in [-0.39, 0.29) is 11.9 Å². The van der Waals surface area contributed by atoms with Gasteiger partial charge in [-0.15, -0.1) is 0 Å². The molecule has 3 nitrogen and oxygen atoms in total. The van der Waals surface area contributed by atoms with Gasteiger partial charge in [0.25, 0.3) is 0 Å². The summed E-state index contributed by atoms with van der Waals surface area (Å²) in [7, 11) is 0. The van der Waals surface area contributed by atoms with E-state index in [9.17, 15) is 4.39 Å². The number of benzene rings is 1. The standard InChI is InChI=1S/C13H13BrFN3/c1-7(16)11-6-17-13(18-8(11)2)10-5-9(15)3-4-12(10)14/h3-7H,16H2,1-2H3. The minimum absolute atomic E-state index is 0.116. The first kappa shape index (κ1) is 13.1. The molecule has 1 atom stereocenters. The highest BCUT2D eigenvalue weighted by molar-refractivity contribution is 9.10. The van der Waals surface area contributed by atoms with E-state index in [0.29, 0.717) is 11.4 Å². The van der Waals surface area contributed by atoms with E-state index in [0.717, 1.165) is 15.7 Å². The lowest BCUT2D eigenvalue weighted by Gasteiger charge is -2.10. The molecule has 2 aromatic rings. The van der Waals surface area contributed by atoms with Gasteiger partial charge in [0.2, 0.25) is 0 Å². The van der Waals surface area contributed by atoms with Gasteiger partial charge in [0.1, 0.15) is 5.82 Å². The minimum Gasteiger partial charge on any atom is -0.324 e. The number of halogens is 2. The summed E-state index contributed by atoms with van der Waals surface area (Å²) < 4.78 is 14.0. The Morgan fingerprint density at radius 2 is 2.11 bits per heavy atom. The van der Waals surface area contributed by atoms with Crippen LogP contribution in [0.4, 0.5) is 4.39 Å². The zero-order valence-electron chi connectivity index (χ0n) is 10.1. The predicted molar refractivity (Wildman–Crippen MR) is 72.5 cm³/mol. The zero-order chi connectivity index (χ0) is 13.3. The Bertz CT molecular complexity index is 584. The third-order valence-corrected chi connectivity index (χ3v) is 3.37. The van der Waals surface area contributed by atoms with Crippen LogP contribution in [-0.4, -0.2) is 9.97 Å². The normalized spacial score (nSPS) is 12.5. The van der Waals surface area contributed by atoms with Crippen molar-refractivity contribution in [3.63, 3.8) is 0 Å². The van der Waals surface area contributed by atoms with Crippen molar-refractivity contribution in [2.75, 3.05) is 0 Å². The van der Waals surface area contributed by atoms with E-state index in [1.165, 1.54) is 12.1 Å². The van der Waals surface area contributed by atoms with Crippen LogP contribution >= 0.6 is 15.9 Å². The van der Waals surface area contributed by atoms with Crippen molar-refractivity contribution in [2.45, 2.75) is 19.9 Å². The average Bonchev–Trinajstić information content (AvgIpc) is 2.31. The van der Waals surface area contributed by atoms with Crippen molar-refractivity contribution in [2.24, 2.45) is 5.73 Å². The molecule has 0 saturated heterocycles. The SMILES string of the molecule is Cc1nc(-c2cc(F)ccc2Br)ncc1C(C)N. The molecular weight excluding hydrogens is 297 g/mol. The smallest absolute Gasteiger partial charge is 0.160 e. The van der Waals surface area contributed by atoms with E-state index < -0.39 is 0 Å². The van der Waals surface area contributed by atoms with Gasteiger partial charge < -0.3 is 5.73 Å². The molecule has 94 valence electrons. The van der Waals surface area contributed by atoms with Gasteiger partial charge in [-0.1, -0.05) is 15.9 Å². The van der Waals surface area contributed by atoms with Crippen LogP contribution in [0.3, 0.4) is 0 Å². The van der Waals surface area contributed by atoms with Gasteiger partial charge in [0.05, 0.1) is 0 Å². The van der Waals surface area contributed by atoms with Gasteiger partial charge in [-0.3, -0.25) is 0 Å². The van der Waals surface area contributed by atoms with E-state index in [1.807, 2.05) is 13.8 Å². The largest absolute Gasteiger partial charge is 0.324 e. The number of hydrogen-bond donors (Lipinski definition) is 1. The lowest BCUT2D eigenvalue weighted by atomic mass is 10.1. The molecular formula is C13H13BrFN3. The lowest BCUT2D eigenvalue weighted by Crippen LogP contribution is -2.09. The minimum atomic E-state index is -0.314. The Hall–Kier alpha value is -1.33. The molecule has 1 aromatic carbocycles. The fourth-order valence-corrected chi connectivity index (χ4v) is 2.15. The van der Waals surface area contributed by atoms with Crippen molar-refractivity contribution in [1.29, 1.82) is 0 Å². The molecule has 0 amide bonds. The summed E-state index contributed by atoms with van der Waals surface area (Å²) in [5.74, 6) is 0.175. The maximum atomic E-state index is 13.2. The van der Waals surface area contributed by atoms with E-state index in [1.54, 1.807) is 12.3 Å². The summed E-state index contributed by atoms with van der Waals surface area (Å²) in [6, 6.07) is 4.32. The Balaban J connectivity index is 2.52. The van der Waals surface area contributed by atoms with Crippen LogP contribution in [0.2, 0.25) is 0 Å². The first-order valence-electron chi connectivity index (χ1n) is 5.53. The molecule has 2 rings (SSSR count). The molecule has 2 N–H and O–H groups in total. The van der Waals surface area contributed by atoms with Crippen LogP contribution < -0.4 is 5.73 Å². The van der Waals surface area contributed by atoms with Gasteiger partial charge >= 0.3 is 0 Å². The van der Waals surface area contributed by atoms with E-state index in [4.69, 9.17) is 5.73 Å². The molecule has 0 aliphatic heterocycles. The molecule has 18 heavy (non-hydrogen) atoms. The number of nitrogens with two attached hydrogens (primary N) is 1. The van der Waals surface area contributed by atoms with Crippen LogP contribution in [0.25, 0.3) is 11.4 Å². The quantitative estimate of drug-likeness (QED) is 0.925. The summed E-state index contributed by atoms with van der Waals surface area (Å²) in [6.45, 7) is 3.75. The number of hydrogen-bond acceptors (Lipinski definition) is 3. The van der Waals surface area contributed by atoms with Crippen LogP contribution in [0.5, 0.6) is 0 Å². The monoisotopic (exact) mass is 309 g/mol. The first-order valence-corrected chi connectivity index (χ1v) is 6.33. The van der Waals surface area contributed by atoms with E-state index >= 15 is 0 Å². The molecule has 1 heterocycles. The fraction of sp³-hybridized carbons (Fsp3) is 0.231. The second kappa shape index (κ2) is 5.12. The highest BCUT2D eigenvalue weighted by Crippen LogP contribution is 2.27. The number of aryl methyl sites for hydroxylation is 1. The number of nitrogens with zero attached hydrogens (tertiary/aromatic N) is 2. The van der Waals surface area contributed by atoms with Crippen molar-refractivity contribution in [3.05, 3.63) is 45.9 Å². The van der Waals surface area contributed by atoms with Crippen LogP contribution in [0.1, 0.15) is 24.2 Å². The predicted octanol–water partition coefficient (Wildman–Crippen LogP) is 3.37. The molecule has 0 spiro atoms. The Labute approximate surface area is 113 Å². The van der Waals surface area contributed by atoms with Crippen molar-refractivity contribution >= 4 is 15.9 Å². The van der Waals surface area contributed by atoms with Gasteiger partial charge in [0.15, 0.2) is 5.82 Å². The van der Waals surface area contributed by atoms with Gasteiger partial charge in [-0.05, 0) is 32.0 Å². The second-order valence-electron chi connectivity index (χ2n) is 4.15. The summed E-state index contributed by atoms with van der Waals surface area (Å²) >= 11 is 3.37. The van der Waals surface area contributed by atoms with Gasteiger partial charge in [-0.2, -0.15) is 0 Å². The maximum absolute atomic E-state index is 13.2. The molecule has 0 aliphatic rings. The van der Waals surface area contributed by atoms with Gasteiger partial charge in [-0.25, -0.2) is 14.4 Å². The summed E-state index contributed by atoms with van der Waals surface area (Å²) in [4.78, 5) is 8.62. The average molecular weight is 310 g/mol. The third-order valence-electron chi connectivity index (χ3n) is 2.68. The zero-order valence-corrected chi connectivity index (χ0v) is 11.7. The first-order chi connectivity index (χ1) is 8.49. The molecule has 1 unspecified atom stereocenters. The molecule has 0 aliphatic carbocycles. The number of aromatic nitrogens is 2. The van der Waals surface area contributed by atoms with Gasteiger partial charge in [0, 0.05) is 33.5 Å². The van der Waals surface area contributed by atoms with Crippen LogP contribution in [0.15, 0.2) is 28.9 Å². The number of rotatable bonds is 2. The molecule has 0 saturated carbocycles. The lowest BCUT2D eigenvalue weighted by molar-refractivity contribution is 0.628. The summed E-state index contributed by atoms with van der Waals surface area (Å²) in [5, 5.41) is 0. The van der Waals surface area contributed by atoms with Crippen molar-refractivity contribution in [3.8, 4) is 11.4 Å². The Morgan fingerprint density at radius 3 is 2.72 bits per heavy atom. The Kier molecular flexibility index (Phi) is 3.73. The molecule has 0 bridgehead atoms. The molecule has 5 heteroatoms. The van der Waals surface area contributed by atoms with Crippen molar-refractivity contribution < 1.29 is 4.39 Å². The van der Waals surface area contributed by atoms with Crippen LogP contribution in [-0.2, 0) is 0 Å². The topological polar surface area (TPSA) is 51.8 Å². The Morgan fingerprint density at radius 1 is 1.39 bits per heavy atom. The molecule has 0 radical (unpaired) electrons. The molecule has 0 fully saturated rings. The van der Waals surface area contributed by atoms with Crippen molar-refractivity contribution in [1.82, 2.24) is 9.97 Å². The second-order valence-corrected chi connectivity index (χ2v) is 5.00. The highest BCUT2D eigenvalue weighted by atomic mass is 79.9. The summed E-state index contributed by atoms with van der Waals surface area (Å²) in [5.41, 5.74) is 8.15. The third kappa shape index (κ3) is 2.57. The van der Waals surface area contributed by atoms with Crippen LogP contribution in [0, 0.1) is 12.7 Å². The summed E-state index contributed by atoms with van der Waals surface area (Å²) in [6.07, 6.45) is 1.69. The maximum Gasteiger partial charge on any atom is 0.160 e. The molecule has 1 aromatic heterocycles. The highest BCUT2D eigenvalue weighted by Gasteiger charge is 2.11.